The maximum atomic E-state index is 4.83. The Bertz CT molecular complexity index is 962. The lowest BCUT2D eigenvalue weighted by Gasteiger charge is -2.07. The first-order chi connectivity index (χ1) is 11.8. The Hall–Kier alpha value is -2.59. The molecule has 3 heterocycles. The summed E-state index contributed by atoms with van der Waals surface area (Å²) in [6.45, 7) is 2.09. The molecule has 0 bridgehead atoms. The topological polar surface area (TPSA) is 38.7 Å². The second-order valence-corrected chi connectivity index (χ2v) is 6.49. The van der Waals surface area contributed by atoms with Crippen molar-refractivity contribution in [3.8, 4) is 11.1 Å². The summed E-state index contributed by atoms with van der Waals surface area (Å²) in [7, 11) is 0. The summed E-state index contributed by atoms with van der Waals surface area (Å²) in [4.78, 5) is 15.1. The maximum Gasteiger partial charge on any atom is 0.130 e. The number of hydrogen-bond donors (Lipinski definition) is 0. The van der Waals surface area contributed by atoms with Crippen molar-refractivity contribution in [3.63, 3.8) is 0 Å². The summed E-state index contributed by atoms with van der Waals surface area (Å²) in [5, 5.41) is 3.35. The molecule has 0 amide bonds. The Kier molecular flexibility index (Phi) is 4.05. The number of thiophene rings is 1. The van der Waals surface area contributed by atoms with Gasteiger partial charge in [0.05, 0.1) is 5.69 Å². The Morgan fingerprint density at radius 2 is 1.79 bits per heavy atom. The fraction of sp³-hybridized carbons (Fsp3) is 0.150. The monoisotopic (exact) mass is 331 g/mol. The lowest BCUT2D eigenvalue weighted by molar-refractivity contribution is 0.915. The van der Waals surface area contributed by atoms with Gasteiger partial charge in [-0.25, -0.2) is 9.97 Å². The SMILES string of the molecule is CCc1nc(Cc2ccccn2)c2c(-c3ccccc3)csc2n1. The lowest BCUT2D eigenvalue weighted by atomic mass is 10.0. The number of pyridine rings is 1. The van der Waals surface area contributed by atoms with E-state index >= 15 is 0 Å². The predicted octanol–water partition coefficient (Wildman–Crippen LogP) is 4.91. The van der Waals surface area contributed by atoms with Gasteiger partial charge in [-0.1, -0.05) is 43.3 Å². The van der Waals surface area contributed by atoms with Crippen LogP contribution in [-0.2, 0) is 12.8 Å². The average molecular weight is 331 g/mol. The molecule has 4 rings (SSSR count). The van der Waals surface area contributed by atoms with Gasteiger partial charge in [-0.3, -0.25) is 4.98 Å². The van der Waals surface area contributed by atoms with Crippen LogP contribution < -0.4 is 0 Å². The summed E-state index contributed by atoms with van der Waals surface area (Å²) in [6.07, 6.45) is 3.40. The minimum Gasteiger partial charge on any atom is -0.261 e. The van der Waals surface area contributed by atoms with Crippen LogP contribution in [0.15, 0.2) is 60.1 Å². The van der Waals surface area contributed by atoms with E-state index in [-0.39, 0.29) is 0 Å². The Balaban J connectivity index is 1.91. The van der Waals surface area contributed by atoms with Crippen LogP contribution >= 0.6 is 11.3 Å². The molecule has 0 aliphatic rings. The van der Waals surface area contributed by atoms with Gasteiger partial charge in [0.2, 0.25) is 0 Å². The van der Waals surface area contributed by atoms with Gasteiger partial charge in [0.1, 0.15) is 10.7 Å². The number of rotatable bonds is 4. The summed E-state index contributed by atoms with van der Waals surface area (Å²) < 4.78 is 0. The fourth-order valence-corrected chi connectivity index (χ4v) is 3.84. The van der Waals surface area contributed by atoms with Crippen molar-refractivity contribution in [1.29, 1.82) is 0 Å². The lowest BCUT2D eigenvalue weighted by Crippen LogP contribution is -2.01. The van der Waals surface area contributed by atoms with E-state index in [1.54, 1.807) is 11.3 Å². The van der Waals surface area contributed by atoms with E-state index in [9.17, 15) is 0 Å². The van der Waals surface area contributed by atoms with Crippen LogP contribution in [0, 0.1) is 0 Å². The minimum atomic E-state index is 0.726. The first-order valence-electron chi connectivity index (χ1n) is 8.07. The third kappa shape index (κ3) is 2.81. The van der Waals surface area contributed by atoms with Crippen molar-refractivity contribution in [2.75, 3.05) is 0 Å². The second-order valence-electron chi connectivity index (χ2n) is 5.63. The van der Waals surface area contributed by atoms with E-state index in [2.05, 4.69) is 41.6 Å². The Labute approximate surface area is 145 Å². The molecule has 0 aliphatic heterocycles. The summed E-state index contributed by atoms with van der Waals surface area (Å²) in [6, 6.07) is 16.5. The smallest absolute Gasteiger partial charge is 0.130 e. The zero-order valence-electron chi connectivity index (χ0n) is 13.4. The second kappa shape index (κ2) is 6.49. The highest BCUT2D eigenvalue weighted by Crippen LogP contribution is 2.35. The van der Waals surface area contributed by atoms with E-state index in [0.717, 1.165) is 40.3 Å². The highest BCUT2D eigenvalue weighted by Gasteiger charge is 2.15. The number of benzene rings is 1. The predicted molar refractivity (Wildman–Crippen MR) is 99.3 cm³/mol. The van der Waals surface area contributed by atoms with Gasteiger partial charge in [0.15, 0.2) is 0 Å². The first-order valence-corrected chi connectivity index (χ1v) is 8.95. The molecular weight excluding hydrogens is 314 g/mol. The van der Waals surface area contributed by atoms with E-state index in [1.165, 1.54) is 11.1 Å². The van der Waals surface area contributed by atoms with Crippen LogP contribution in [0.2, 0.25) is 0 Å². The van der Waals surface area contributed by atoms with Crippen molar-refractivity contribution in [3.05, 3.63) is 77.3 Å². The average Bonchev–Trinajstić information content (AvgIpc) is 3.07. The molecule has 0 saturated carbocycles. The largest absolute Gasteiger partial charge is 0.261 e. The molecule has 3 nitrogen and oxygen atoms in total. The molecule has 4 heteroatoms. The molecule has 0 radical (unpaired) electrons. The van der Waals surface area contributed by atoms with Crippen LogP contribution in [-0.4, -0.2) is 15.0 Å². The van der Waals surface area contributed by atoms with E-state index in [1.807, 2.05) is 30.5 Å². The Morgan fingerprint density at radius 3 is 2.54 bits per heavy atom. The molecule has 0 saturated heterocycles. The first kappa shape index (κ1) is 15.0. The molecule has 0 N–H and O–H groups in total. The van der Waals surface area contributed by atoms with Crippen molar-refractivity contribution in [2.24, 2.45) is 0 Å². The van der Waals surface area contributed by atoms with Crippen molar-refractivity contribution >= 4 is 21.6 Å². The molecule has 0 spiro atoms. The van der Waals surface area contributed by atoms with Crippen LogP contribution in [0.1, 0.15) is 24.1 Å². The molecule has 4 aromatic rings. The molecular formula is C20H17N3S. The summed E-state index contributed by atoms with van der Waals surface area (Å²) in [5.74, 6) is 0.898. The fourth-order valence-electron chi connectivity index (χ4n) is 2.85. The van der Waals surface area contributed by atoms with Gasteiger partial charge in [-0.15, -0.1) is 11.3 Å². The molecule has 0 fully saturated rings. The molecule has 24 heavy (non-hydrogen) atoms. The number of nitrogens with zero attached hydrogens (tertiary/aromatic N) is 3. The van der Waals surface area contributed by atoms with Crippen LogP contribution in [0.25, 0.3) is 21.3 Å². The highest BCUT2D eigenvalue weighted by atomic mass is 32.1. The quantitative estimate of drug-likeness (QED) is 0.533. The number of aromatic nitrogens is 3. The Morgan fingerprint density at radius 1 is 0.958 bits per heavy atom. The molecule has 0 atom stereocenters. The number of fused-ring (bicyclic) bond motifs is 1. The molecule has 118 valence electrons. The number of aryl methyl sites for hydroxylation is 1. The standard InChI is InChI=1S/C20H17N3S/c1-2-18-22-17(12-15-10-6-7-11-21-15)19-16(13-24-20(19)23-18)14-8-4-3-5-9-14/h3-11,13H,2,12H2,1H3. The van der Waals surface area contributed by atoms with Crippen molar-refractivity contribution in [1.82, 2.24) is 15.0 Å². The molecule has 1 aromatic carbocycles. The van der Waals surface area contributed by atoms with Gasteiger partial charge < -0.3 is 0 Å². The van der Waals surface area contributed by atoms with Gasteiger partial charge in [0.25, 0.3) is 0 Å². The molecule has 0 unspecified atom stereocenters. The zero-order valence-corrected chi connectivity index (χ0v) is 14.3. The van der Waals surface area contributed by atoms with Crippen molar-refractivity contribution < 1.29 is 0 Å². The van der Waals surface area contributed by atoms with Gasteiger partial charge in [-0.2, -0.15) is 0 Å². The normalized spacial score (nSPS) is 11.0. The zero-order chi connectivity index (χ0) is 16.4. The van der Waals surface area contributed by atoms with E-state index in [4.69, 9.17) is 9.97 Å². The van der Waals surface area contributed by atoms with Crippen LogP contribution in [0.4, 0.5) is 0 Å². The highest BCUT2D eigenvalue weighted by molar-refractivity contribution is 7.17. The molecule has 3 aromatic heterocycles. The minimum absolute atomic E-state index is 0.726. The third-order valence-electron chi connectivity index (χ3n) is 4.03. The number of hydrogen-bond acceptors (Lipinski definition) is 4. The third-order valence-corrected chi connectivity index (χ3v) is 4.90. The maximum absolute atomic E-state index is 4.83. The van der Waals surface area contributed by atoms with Crippen LogP contribution in [0.5, 0.6) is 0 Å². The van der Waals surface area contributed by atoms with Crippen LogP contribution in [0.3, 0.4) is 0 Å². The van der Waals surface area contributed by atoms with E-state index in [0.29, 0.717) is 0 Å². The van der Waals surface area contributed by atoms with Gasteiger partial charge >= 0.3 is 0 Å². The van der Waals surface area contributed by atoms with Crippen molar-refractivity contribution in [2.45, 2.75) is 19.8 Å². The summed E-state index contributed by atoms with van der Waals surface area (Å²) in [5.41, 5.74) is 4.52. The summed E-state index contributed by atoms with van der Waals surface area (Å²) >= 11 is 1.69. The van der Waals surface area contributed by atoms with Gasteiger partial charge in [-0.05, 0) is 17.7 Å². The van der Waals surface area contributed by atoms with Gasteiger partial charge in [0, 0.05) is 41.1 Å². The van der Waals surface area contributed by atoms with E-state index < -0.39 is 0 Å². The molecule has 0 aliphatic carbocycles.